The lowest BCUT2D eigenvalue weighted by atomic mass is 10.1. The van der Waals surface area contributed by atoms with E-state index in [4.69, 9.17) is 9.29 Å². The molecule has 0 aliphatic heterocycles. The van der Waals surface area contributed by atoms with Crippen LogP contribution in [0.15, 0.2) is 45.5 Å². The first-order valence-corrected chi connectivity index (χ1v) is 8.31. The van der Waals surface area contributed by atoms with E-state index in [1.165, 1.54) is 12.1 Å². The number of nitrogens with zero attached hydrogens (tertiary/aromatic N) is 2. The van der Waals surface area contributed by atoms with Crippen molar-refractivity contribution in [1.82, 2.24) is 0 Å². The number of hydrogen-bond donors (Lipinski definition) is 1. The maximum atomic E-state index is 11.2. The topological polar surface area (TPSA) is 88.3 Å². The highest BCUT2D eigenvalue weighted by Gasteiger charge is 2.11. The van der Waals surface area contributed by atoms with Gasteiger partial charge in [-0.05, 0) is 49.6 Å². The summed E-state index contributed by atoms with van der Waals surface area (Å²) in [6, 6.07) is 7.89. The number of azo groups is 1. The Morgan fingerprint density at radius 3 is 2.04 bits per heavy atom. The normalized spacial score (nSPS) is 11.4. The zero-order valence-corrected chi connectivity index (χ0v) is 14.2. The fraction of sp³-hybridized carbons (Fsp3) is 0.294. The maximum absolute atomic E-state index is 11.2. The number of methoxy groups -OCH3 is 1. The SMILES string of the molecule is C.COc1cc(N=Nc2cc(S(=O)(=O)O)ccc2C)c(C)cc1C. The molecule has 24 heavy (non-hydrogen) atoms. The number of aryl methyl sites for hydroxylation is 3. The molecule has 0 aliphatic rings. The summed E-state index contributed by atoms with van der Waals surface area (Å²) in [4.78, 5) is -0.213. The Kier molecular flexibility index (Phi) is 6.22. The minimum Gasteiger partial charge on any atom is -0.496 e. The molecule has 1 N–H and O–H groups in total. The van der Waals surface area contributed by atoms with Crippen molar-refractivity contribution in [2.24, 2.45) is 10.2 Å². The van der Waals surface area contributed by atoms with Gasteiger partial charge < -0.3 is 4.74 Å². The monoisotopic (exact) mass is 350 g/mol. The maximum Gasteiger partial charge on any atom is 0.294 e. The molecule has 0 amide bonds. The first-order valence-electron chi connectivity index (χ1n) is 6.87. The average Bonchev–Trinajstić information content (AvgIpc) is 2.46. The molecular formula is C17H22N2O4S. The summed E-state index contributed by atoms with van der Waals surface area (Å²) in [5.74, 6) is 0.702. The molecule has 2 aromatic carbocycles. The minimum atomic E-state index is -4.27. The summed E-state index contributed by atoms with van der Waals surface area (Å²) in [5, 5.41) is 8.29. The predicted molar refractivity (Wildman–Crippen MR) is 94.4 cm³/mol. The lowest BCUT2D eigenvalue weighted by Gasteiger charge is -2.08. The molecule has 0 aromatic heterocycles. The Morgan fingerprint density at radius 2 is 1.50 bits per heavy atom. The fourth-order valence-corrected chi connectivity index (χ4v) is 2.62. The van der Waals surface area contributed by atoms with Crippen molar-refractivity contribution < 1.29 is 17.7 Å². The van der Waals surface area contributed by atoms with Crippen molar-refractivity contribution in [3.8, 4) is 5.75 Å². The van der Waals surface area contributed by atoms with Crippen LogP contribution in [0.1, 0.15) is 24.1 Å². The van der Waals surface area contributed by atoms with Crippen molar-refractivity contribution in [3.63, 3.8) is 0 Å². The molecule has 7 heteroatoms. The van der Waals surface area contributed by atoms with Gasteiger partial charge >= 0.3 is 0 Å². The van der Waals surface area contributed by atoms with E-state index in [1.807, 2.05) is 19.9 Å². The largest absolute Gasteiger partial charge is 0.496 e. The number of benzene rings is 2. The molecule has 0 fully saturated rings. The van der Waals surface area contributed by atoms with Crippen LogP contribution in [0.25, 0.3) is 0 Å². The molecule has 0 radical (unpaired) electrons. The van der Waals surface area contributed by atoms with Crippen LogP contribution >= 0.6 is 0 Å². The quantitative estimate of drug-likeness (QED) is 0.626. The van der Waals surface area contributed by atoms with Gasteiger partial charge in [-0.25, -0.2) is 0 Å². The van der Waals surface area contributed by atoms with E-state index in [0.29, 0.717) is 17.1 Å². The van der Waals surface area contributed by atoms with Crippen LogP contribution in [0, 0.1) is 20.8 Å². The van der Waals surface area contributed by atoms with Crippen molar-refractivity contribution in [1.29, 1.82) is 0 Å². The van der Waals surface area contributed by atoms with E-state index in [0.717, 1.165) is 16.7 Å². The highest BCUT2D eigenvalue weighted by Crippen LogP contribution is 2.31. The van der Waals surface area contributed by atoms with Gasteiger partial charge in [0.15, 0.2) is 0 Å². The van der Waals surface area contributed by atoms with Gasteiger partial charge in [0.05, 0.1) is 23.4 Å². The Morgan fingerprint density at radius 1 is 0.917 bits per heavy atom. The summed E-state index contributed by atoms with van der Waals surface area (Å²) >= 11 is 0. The van der Waals surface area contributed by atoms with Crippen molar-refractivity contribution in [2.75, 3.05) is 7.11 Å². The van der Waals surface area contributed by atoms with Crippen LogP contribution in [-0.4, -0.2) is 20.1 Å². The Bertz CT molecular complexity index is 874. The molecule has 0 unspecified atom stereocenters. The fourth-order valence-electron chi connectivity index (χ4n) is 2.11. The third-order valence-corrected chi connectivity index (χ3v) is 4.31. The second-order valence-corrected chi connectivity index (χ2v) is 6.65. The van der Waals surface area contributed by atoms with Crippen molar-refractivity contribution in [2.45, 2.75) is 33.1 Å². The Hall–Kier alpha value is -2.25. The Balaban J connectivity index is 0.00000288. The van der Waals surface area contributed by atoms with Gasteiger partial charge in [0.2, 0.25) is 0 Å². The first-order chi connectivity index (χ1) is 10.7. The summed E-state index contributed by atoms with van der Waals surface area (Å²) in [7, 11) is -2.69. The van der Waals surface area contributed by atoms with Gasteiger partial charge in [0.1, 0.15) is 5.75 Å². The van der Waals surface area contributed by atoms with Gasteiger partial charge in [-0.1, -0.05) is 19.6 Å². The first kappa shape index (κ1) is 19.8. The molecule has 130 valence electrons. The number of hydrogen-bond acceptors (Lipinski definition) is 5. The van der Waals surface area contributed by atoms with Gasteiger partial charge in [-0.15, -0.1) is 0 Å². The van der Waals surface area contributed by atoms with Gasteiger partial charge in [0.25, 0.3) is 10.1 Å². The smallest absolute Gasteiger partial charge is 0.294 e. The summed E-state index contributed by atoms with van der Waals surface area (Å²) in [5.41, 5.74) is 3.67. The molecule has 0 atom stereocenters. The third-order valence-electron chi connectivity index (χ3n) is 3.46. The molecule has 0 heterocycles. The van der Waals surface area contributed by atoms with Gasteiger partial charge in [0, 0.05) is 6.07 Å². The van der Waals surface area contributed by atoms with Gasteiger partial charge in [-0.2, -0.15) is 18.6 Å². The molecule has 2 rings (SSSR count). The second kappa shape index (κ2) is 7.55. The van der Waals surface area contributed by atoms with Crippen LogP contribution in [-0.2, 0) is 10.1 Å². The molecule has 0 bridgehead atoms. The lowest BCUT2D eigenvalue weighted by molar-refractivity contribution is 0.411. The van der Waals surface area contributed by atoms with E-state index < -0.39 is 10.1 Å². The lowest BCUT2D eigenvalue weighted by Crippen LogP contribution is -1.97. The zero-order chi connectivity index (χ0) is 17.2. The summed E-state index contributed by atoms with van der Waals surface area (Å²) < 4.78 is 36.8. The number of rotatable bonds is 4. The zero-order valence-electron chi connectivity index (χ0n) is 13.4. The van der Waals surface area contributed by atoms with E-state index in [2.05, 4.69) is 10.2 Å². The van der Waals surface area contributed by atoms with Crippen molar-refractivity contribution >= 4 is 21.5 Å². The van der Waals surface area contributed by atoms with Crippen molar-refractivity contribution in [3.05, 3.63) is 47.0 Å². The third kappa shape index (κ3) is 4.39. The summed E-state index contributed by atoms with van der Waals surface area (Å²) in [6.45, 7) is 5.62. The Labute approximate surface area is 143 Å². The second-order valence-electron chi connectivity index (χ2n) is 5.23. The molecule has 0 saturated heterocycles. The molecular weight excluding hydrogens is 328 g/mol. The highest BCUT2D eigenvalue weighted by atomic mass is 32.2. The van der Waals surface area contributed by atoms with Gasteiger partial charge in [-0.3, -0.25) is 4.55 Å². The van der Waals surface area contributed by atoms with Crippen LogP contribution in [0.3, 0.4) is 0 Å². The number of ether oxygens (including phenoxy) is 1. The molecule has 0 spiro atoms. The van der Waals surface area contributed by atoms with Crippen LogP contribution in [0.2, 0.25) is 0 Å². The molecule has 6 nitrogen and oxygen atoms in total. The molecule has 2 aromatic rings. The van der Waals surface area contributed by atoms with Crippen LogP contribution in [0.5, 0.6) is 5.75 Å². The van der Waals surface area contributed by atoms with E-state index >= 15 is 0 Å². The standard InChI is InChI=1S/C16H18N2O4S.CH4/c1-10-5-6-13(23(19,20)21)8-14(10)17-18-15-9-16(22-4)12(3)7-11(15)2;/h5-9H,1-4H3,(H,19,20,21);1H4. The summed E-state index contributed by atoms with van der Waals surface area (Å²) in [6.07, 6.45) is 0. The minimum absolute atomic E-state index is 0. The van der Waals surface area contributed by atoms with Crippen LogP contribution < -0.4 is 4.74 Å². The predicted octanol–water partition coefficient (Wildman–Crippen LogP) is 4.92. The van der Waals surface area contributed by atoms with Crippen LogP contribution in [0.4, 0.5) is 11.4 Å². The van der Waals surface area contributed by atoms with E-state index in [-0.39, 0.29) is 12.3 Å². The highest BCUT2D eigenvalue weighted by molar-refractivity contribution is 7.85. The molecule has 0 aliphatic carbocycles. The van der Waals surface area contributed by atoms with E-state index in [9.17, 15) is 8.42 Å². The average molecular weight is 350 g/mol. The molecule has 0 saturated carbocycles. The van der Waals surface area contributed by atoms with E-state index in [1.54, 1.807) is 26.2 Å².